The summed E-state index contributed by atoms with van der Waals surface area (Å²) < 4.78 is 54.7. The first-order valence-electron chi connectivity index (χ1n) is 12.0. The van der Waals surface area contributed by atoms with Crippen molar-refractivity contribution in [3.8, 4) is 5.75 Å². The highest BCUT2D eigenvalue weighted by Crippen LogP contribution is 2.45. The number of nitrogens with zero attached hydrogens (tertiary/aromatic N) is 3. The van der Waals surface area contributed by atoms with Gasteiger partial charge in [-0.15, -0.1) is 0 Å². The molecule has 0 unspecified atom stereocenters. The van der Waals surface area contributed by atoms with Gasteiger partial charge >= 0.3 is 12.3 Å². The van der Waals surface area contributed by atoms with Crippen molar-refractivity contribution in [1.29, 1.82) is 0 Å². The van der Waals surface area contributed by atoms with E-state index in [1.54, 1.807) is 34.6 Å². The normalized spacial score (nSPS) is 27.2. The minimum Gasteiger partial charge on any atom is -0.491 e. The van der Waals surface area contributed by atoms with Gasteiger partial charge in [0, 0.05) is 24.3 Å². The van der Waals surface area contributed by atoms with E-state index >= 15 is 0 Å². The van der Waals surface area contributed by atoms with Crippen molar-refractivity contribution in [2.45, 2.75) is 95.8 Å². The third-order valence-electron chi connectivity index (χ3n) is 6.57. The first-order valence-corrected chi connectivity index (χ1v) is 12.0. The number of piperidine rings is 1. The fourth-order valence-electron chi connectivity index (χ4n) is 5.08. The van der Waals surface area contributed by atoms with Crippen LogP contribution in [0.15, 0.2) is 18.3 Å². The van der Waals surface area contributed by atoms with Crippen molar-refractivity contribution in [2.75, 3.05) is 6.61 Å². The second-order valence-corrected chi connectivity index (χ2v) is 11.2. The lowest BCUT2D eigenvalue weighted by Gasteiger charge is -2.41. The van der Waals surface area contributed by atoms with Crippen LogP contribution in [0.4, 0.5) is 18.0 Å². The zero-order valence-corrected chi connectivity index (χ0v) is 21.1. The average Bonchev–Trinajstić information content (AvgIpc) is 3.10. The predicted octanol–water partition coefficient (Wildman–Crippen LogP) is 4.88. The molecule has 1 N–H and O–H groups in total. The van der Waals surface area contributed by atoms with E-state index in [1.807, 2.05) is 0 Å². The molecule has 1 amide bonds. The summed E-state index contributed by atoms with van der Waals surface area (Å²) in [6, 6.07) is 0.949. The lowest BCUT2D eigenvalue weighted by Crippen LogP contribution is -2.54. The number of Topliss-reactive ketones (excluding diaryl/α,β-unsaturated/α-hetero) is 1. The Balaban J connectivity index is 1.60. The Morgan fingerprint density at radius 1 is 1.22 bits per heavy atom. The molecule has 8 nitrogen and oxygen atoms in total. The maximum Gasteiger partial charge on any atom is 0.418 e. The van der Waals surface area contributed by atoms with Gasteiger partial charge in [-0.2, -0.15) is 18.3 Å². The van der Waals surface area contributed by atoms with Crippen LogP contribution in [0.2, 0.25) is 0 Å². The quantitative estimate of drug-likeness (QED) is 0.629. The predicted molar refractivity (Wildman–Crippen MR) is 125 cm³/mol. The summed E-state index contributed by atoms with van der Waals surface area (Å²) in [6.07, 6.45) is -3.09. The van der Waals surface area contributed by atoms with Crippen molar-refractivity contribution in [2.24, 2.45) is 0 Å². The molecule has 2 aromatic rings. The maximum absolute atomic E-state index is 14.1. The van der Waals surface area contributed by atoms with Gasteiger partial charge < -0.3 is 14.6 Å². The van der Waals surface area contributed by atoms with E-state index in [0.29, 0.717) is 12.8 Å². The summed E-state index contributed by atoms with van der Waals surface area (Å²) in [5.74, 6) is -0.0928. The number of benzene rings is 1. The molecule has 1 aromatic carbocycles. The van der Waals surface area contributed by atoms with Crippen molar-refractivity contribution in [3.05, 3.63) is 23.9 Å². The molecule has 1 aliphatic carbocycles. The number of hydrogen-bond acceptors (Lipinski definition) is 6. The molecular weight excluding hydrogens is 479 g/mol. The van der Waals surface area contributed by atoms with E-state index in [0.717, 1.165) is 6.07 Å². The smallest absolute Gasteiger partial charge is 0.418 e. The molecule has 2 fully saturated rings. The number of fused-ring (bicyclic) bond motifs is 1. The molecule has 1 saturated carbocycles. The molecule has 1 saturated heterocycles. The van der Waals surface area contributed by atoms with Gasteiger partial charge in [-0.25, -0.2) is 4.79 Å². The zero-order valence-electron chi connectivity index (χ0n) is 21.1. The third-order valence-corrected chi connectivity index (χ3v) is 6.57. The van der Waals surface area contributed by atoms with Crippen LogP contribution in [0.25, 0.3) is 10.9 Å². The van der Waals surface area contributed by atoms with Crippen LogP contribution in [-0.4, -0.2) is 61.6 Å². The van der Waals surface area contributed by atoms with E-state index < -0.39 is 41.1 Å². The van der Waals surface area contributed by atoms with Crippen LogP contribution < -0.4 is 4.74 Å². The number of carbonyl (C=O) groups excluding carboxylic acids is 2. The number of ether oxygens (including phenoxy) is 2. The van der Waals surface area contributed by atoms with E-state index in [4.69, 9.17) is 9.47 Å². The molecule has 2 atom stereocenters. The van der Waals surface area contributed by atoms with E-state index in [1.165, 1.54) is 21.8 Å². The first kappa shape index (κ1) is 26.2. The maximum atomic E-state index is 14.1. The first-order chi connectivity index (χ1) is 16.5. The molecule has 2 aliphatic rings. The van der Waals surface area contributed by atoms with E-state index in [-0.39, 0.29) is 47.9 Å². The van der Waals surface area contributed by atoms with Crippen LogP contribution in [0, 0.1) is 0 Å². The van der Waals surface area contributed by atoms with Gasteiger partial charge in [0.25, 0.3) is 0 Å². The van der Waals surface area contributed by atoms with Gasteiger partial charge in [-0.1, -0.05) is 0 Å². The second kappa shape index (κ2) is 8.93. The minimum absolute atomic E-state index is 0.0253. The van der Waals surface area contributed by atoms with Crippen molar-refractivity contribution < 1.29 is 37.3 Å². The number of amides is 1. The molecule has 1 aromatic heterocycles. The van der Waals surface area contributed by atoms with Gasteiger partial charge in [-0.3, -0.25) is 14.4 Å². The standard InChI is InChI=1S/C25H32F3N3O5/c1-14-6-18(32)8-16(30(14)22(33)36-23(2,3)4)13-35-19-7-15-12-29-31(17-10-24(5,34)11-17)21(15)20(9-19)25(26,27)28/h7,9,12,14,16-17,34H,6,8,10-11,13H2,1-5H3/t14-,16-,17?,24?/m0/s1. The second-order valence-electron chi connectivity index (χ2n) is 11.2. The fraction of sp³-hybridized carbons (Fsp3) is 0.640. The monoisotopic (exact) mass is 511 g/mol. The summed E-state index contributed by atoms with van der Waals surface area (Å²) in [5.41, 5.74) is -2.62. The van der Waals surface area contributed by atoms with Crippen LogP contribution in [0.3, 0.4) is 0 Å². The number of alkyl halides is 3. The Morgan fingerprint density at radius 2 is 1.89 bits per heavy atom. The van der Waals surface area contributed by atoms with E-state index in [2.05, 4.69) is 5.10 Å². The van der Waals surface area contributed by atoms with Gasteiger partial charge in [0.1, 0.15) is 23.7 Å². The van der Waals surface area contributed by atoms with Crippen LogP contribution in [0.5, 0.6) is 5.75 Å². The summed E-state index contributed by atoms with van der Waals surface area (Å²) >= 11 is 0. The number of rotatable bonds is 4. The largest absolute Gasteiger partial charge is 0.491 e. The van der Waals surface area contributed by atoms with Gasteiger partial charge in [0.2, 0.25) is 0 Å². The highest BCUT2D eigenvalue weighted by molar-refractivity contribution is 5.85. The number of likely N-dealkylation sites (tertiary alicyclic amines) is 1. The average molecular weight is 512 g/mol. The van der Waals surface area contributed by atoms with E-state index in [9.17, 15) is 27.9 Å². The van der Waals surface area contributed by atoms with Gasteiger partial charge in [0.15, 0.2) is 0 Å². The molecular formula is C25H32F3N3O5. The number of halogens is 3. The number of ketones is 1. The molecule has 198 valence electrons. The third kappa shape index (κ3) is 5.45. The highest BCUT2D eigenvalue weighted by Gasteiger charge is 2.43. The Morgan fingerprint density at radius 3 is 2.47 bits per heavy atom. The molecule has 0 bridgehead atoms. The number of carbonyl (C=O) groups is 2. The Hall–Kier alpha value is -2.82. The Bertz CT molecular complexity index is 1160. The van der Waals surface area contributed by atoms with Crippen LogP contribution in [-0.2, 0) is 15.7 Å². The lowest BCUT2D eigenvalue weighted by molar-refractivity contribution is -0.136. The van der Waals surface area contributed by atoms with Crippen LogP contribution in [0.1, 0.15) is 71.9 Å². The Kier molecular flexibility index (Phi) is 6.51. The minimum atomic E-state index is -4.67. The van der Waals surface area contributed by atoms with Crippen molar-refractivity contribution in [1.82, 2.24) is 14.7 Å². The molecule has 2 heterocycles. The molecule has 36 heavy (non-hydrogen) atoms. The zero-order chi connectivity index (χ0) is 26.6. The fourth-order valence-corrected chi connectivity index (χ4v) is 5.08. The highest BCUT2D eigenvalue weighted by atomic mass is 19.4. The lowest BCUT2D eigenvalue weighted by atomic mass is 9.77. The van der Waals surface area contributed by atoms with Crippen molar-refractivity contribution >= 4 is 22.8 Å². The SMILES string of the molecule is C[C@H]1CC(=O)C[C@@H](COc2cc(C(F)(F)F)c3c(cnn3C3CC(C)(O)C3)c2)N1C(=O)OC(C)(C)C. The van der Waals surface area contributed by atoms with Crippen molar-refractivity contribution in [3.63, 3.8) is 0 Å². The van der Waals surface area contributed by atoms with Gasteiger partial charge in [-0.05, 0) is 59.6 Å². The topological polar surface area (TPSA) is 93.9 Å². The summed E-state index contributed by atoms with van der Waals surface area (Å²) in [7, 11) is 0. The molecule has 11 heteroatoms. The van der Waals surface area contributed by atoms with Gasteiger partial charge in [0.05, 0.1) is 35.0 Å². The number of hydrogen-bond donors (Lipinski definition) is 1. The molecule has 0 spiro atoms. The molecule has 1 aliphatic heterocycles. The number of aromatic nitrogens is 2. The molecule has 0 radical (unpaired) electrons. The van der Waals surface area contributed by atoms with Crippen LogP contribution >= 0.6 is 0 Å². The molecule has 4 rings (SSSR count). The summed E-state index contributed by atoms with van der Waals surface area (Å²) in [4.78, 5) is 26.5. The summed E-state index contributed by atoms with van der Waals surface area (Å²) in [6.45, 7) is 8.40. The number of aliphatic hydroxyl groups is 1. The Labute approximate surface area is 207 Å². The summed E-state index contributed by atoms with van der Waals surface area (Å²) in [5, 5.41) is 14.5.